The van der Waals surface area contributed by atoms with Crippen LogP contribution in [0.2, 0.25) is 5.02 Å². The van der Waals surface area contributed by atoms with Gasteiger partial charge in [-0.3, -0.25) is 0 Å². The van der Waals surface area contributed by atoms with E-state index >= 15 is 0 Å². The van der Waals surface area contributed by atoms with E-state index in [-0.39, 0.29) is 0 Å². The van der Waals surface area contributed by atoms with Crippen LogP contribution in [0, 0.1) is 0 Å². The lowest BCUT2D eigenvalue weighted by Crippen LogP contribution is -2.19. The van der Waals surface area contributed by atoms with Gasteiger partial charge in [0, 0.05) is 5.02 Å². The molecule has 0 aliphatic rings. The first kappa shape index (κ1) is 11.3. The summed E-state index contributed by atoms with van der Waals surface area (Å²) in [7, 11) is 0. The first-order valence-corrected chi connectivity index (χ1v) is 4.90. The monoisotopic (exact) mass is 228 g/mol. The first-order chi connectivity index (χ1) is 6.62. The summed E-state index contributed by atoms with van der Waals surface area (Å²) in [5.74, 6) is 0. The standard InChI is InChI=1S/C11H10Cl2O/c1-2-7-11(13,8-14)9-3-5-10(12)6-4-9/h2-6,8H,1,7H2. The van der Waals surface area contributed by atoms with E-state index in [1.165, 1.54) is 0 Å². The average molecular weight is 229 g/mol. The average Bonchev–Trinajstić information content (AvgIpc) is 2.19. The fourth-order valence-electron chi connectivity index (χ4n) is 1.17. The summed E-state index contributed by atoms with van der Waals surface area (Å²) in [6.45, 7) is 3.57. The summed E-state index contributed by atoms with van der Waals surface area (Å²) in [6.07, 6.45) is 2.75. The fraction of sp³-hybridized carbons (Fsp3) is 0.182. The van der Waals surface area contributed by atoms with Crippen LogP contribution in [-0.2, 0) is 9.67 Å². The zero-order valence-corrected chi connectivity index (χ0v) is 9.05. The Morgan fingerprint density at radius 3 is 2.36 bits per heavy atom. The summed E-state index contributed by atoms with van der Waals surface area (Å²) < 4.78 is 0. The highest BCUT2D eigenvalue weighted by atomic mass is 35.5. The van der Waals surface area contributed by atoms with E-state index in [0.717, 1.165) is 11.8 Å². The Balaban J connectivity index is 3.05. The molecule has 0 aromatic heterocycles. The lowest BCUT2D eigenvalue weighted by atomic mass is 9.96. The van der Waals surface area contributed by atoms with E-state index in [2.05, 4.69) is 6.58 Å². The fourth-order valence-corrected chi connectivity index (χ4v) is 1.53. The quantitative estimate of drug-likeness (QED) is 0.438. The summed E-state index contributed by atoms with van der Waals surface area (Å²) in [6, 6.07) is 6.90. The molecule has 3 heteroatoms. The van der Waals surface area contributed by atoms with Gasteiger partial charge >= 0.3 is 0 Å². The molecule has 0 N–H and O–H groups in total. The number of carbonyl (C=O) groups is 1. The molecule has 0 radical (unpaired) electrons. The topological polar surface area (TPSA) is 17.1 Å². The van der Waals surface area contributed by atoms with E-state index in [1.54, 1.807) is 30.3 Å². The second kappa shape index (κ2) is 4.63. The van der Waals surface area contributed by atoms with Gasteiger partial charge in [0.15, 0.2) is 0 Å². The normalized spacial score (nSPS) is 14.4. The summed E-state index contributed by atoms with van der Waals surface area (Å²) >= 11 is 11.8. The lowest BCUT2D eigenvalue weighted by molar-refractivity contribution is -0.110. The minimum atomic E-state index is -1.01. The summed E-state index contributed by atoms with van der Waals surface area (Å²) in [5.41, 5.74) is 0.735. The Morgan fingerprint density at radius 1 is 1.36 bits per heavy atom. The summed E-state index contributed by atoms with van der Waals surface area (Å²) in [5, 5.41) is 0.622. The molecular weight excluding hydrogens is 219 g/mol. The molecule has 0 aliphatic heterocycles. The number of aldehydes is 1. The zero-order valence-electron chi connectivity index (χ0n) is 7.54. The number of rotatable bonds is 4. The van der Waals surface area contributed by atoms with E-state index in [4.69, 9.17) is 23.2 Å². The minimum Gasteiger partial charge on any atom is -0.301 e. The molecule has 1 rings (SSSR count). The van der Waals surface area contributed by atoms with Gasteiger partial charge in [0.2, 0.25) is 0 Å². The molecule has 1 unspecified atom stereocenters. The van der Waals surface area contributed by atoms with Crippen LogP contribution >= 0.6 is 23.2 Å². The molecule has 0 saturated carbocycles. The van der Waals surface area contributed by atoms with E-state index < -0.39 is 4.87 Å². The number of hydrogen-bond donors (Lipinski definition) is 0. The third-order valence-electron chi connectivity index (χ3n) is 1.95. The highest BCUT2D eigenvalue weighted by Gasteiger charge is 2.27. The molecule has 0 amide bonds. The van der Waals surface area contributed by atoms with Gasteiger partial charge in [-0.05, 0) is 24.1 Å². The Morgan fingerprint density at radius 2 is 1.93 bits per heavy atom. The Hall–Kier alpha value is -0.790. The number of alkyl halides is 1. The summed E-state index contributed by atoms with van der Waals surface area (Å²) in [4.78, 5) is 9.88. The molecule has 1 aromatic carbocycles. The Labute approximate surface area is 93.3 Å². The number of benzene rings is 1. The molecule has 0 bridgehead atoms. The predicted octanol–water partition coefficient (Wildman–Crippen LogP) is 3.55. The number of hydrogen-bond acceptors (Lipinski definition) is 1. The van der Waals surface area contributed by atoms with Gasteiger partial charge in [-0.1, -0.05) is 29.8 Å². The van der Waals surface area contributed by atoms with Crippen molar-refractivity contribution in [3.05, 3.63) is 47.5 Å². The molecule has 0 aliphatic carbocycles. The maximum atomic E-state index is 10.9. The van der Waals surface area contributed by atoms with Gasteiger partial charge in [-0.2, -0.15) is 0 Å². The first-order valence-electron chi connectivity index (χ1n) is 4.14. The Bertz CT molecular complexity index is 332. The van der Waals surface area contributed by atoms with Gasteiger partial charge < -0.3 is 4.79 Å². The molecule has 74 valence electrons. The maximum absolute atomic E-state index is 10.9. The van der Waals surface area contributed by atoms with Crippen molar-refractivity contribution in [3.8, 4) is 0 Å². The van der Waals surface area contributed by atoms with Crippen LogP contribution in [0.4, 0.5) is 0 Å². The highest BCUT2D eigenvalue weighted by molar-refractivity contribution is 6.32. The van der Waals surface area contributed by atoms with Crippen LogP contribution in [0.3, 0.4) is 0 Å². The molecule has 0 spiro atoms. The van der Waals surface area contributed by atoms with Crippen LogP contribution in [-0.4, -0.2) is 6.29 Å². The molecule has 1 aromatic rings. The van der Waals surface area contributed by atoms with Crippen molar-refractivity contribution < 1.29 is 4.79 Å². The third-order valence-corrected chi connectivity index (χ3v) is 2.67. The number of halogens is 2. The zero-order chi connectivity index (χ0) is 10.6. The highest BCUT2D eigenvalue weighted by Crippen LogP contribution is 2.31. The second-order valence-corrected chi connectivity index (χ2v) is 4.09. The Kier molecular flexibility index (Phi) is 3.73. The van der Waals surface area contributed by atoms with E-state index in [1.807, 2.05) is 0 Å². The van der Waals surface area contributed by atoms with Gasteiger partial charge in [-0.25, -0.2) is 0 Å². The SMILES string of the molecule is C=CCC(Cl)(C=O)c1ccc(Cl)cc1. The van der Waals surface area contributed by atoms with Crippen molar-refractivity contribution in [2.45, 2.75) is 11.3 Å². The van der Waals surface area contributed by atoms with Gasteiger partial charge in [0.1, 0.15) is 11.2 Å². The lowest BCUT2D eigenvalue weighted by Gasteiger charge is -2.18. The van der Waals surface area contributed by atoms with Crippen molar-refractivity contribution in [2.24, 2.45) is 0 Å². The van der Waals surface area contributed by atoms with Crippen molar-refractivity contribution >= 4 is 29.5 Å². The molecule has 0 fully saturated rings. The molecule has 1 atom stereocenters. The minimum absolute atomic E-state index is 0.402. The molecular formula is C11H10Cl2O. The van der Waals surface area contributed by atoms with Gasteiger partial charge in [0.05, 0.1) is 0 Å². The molecule has 0 saturated heterocycles. The second-order valence-electron chi connectivity index (χ2n) is 2.98. The molecule has 14 heavy (non-hydrogen) atoms. The van der Waals surface area contributed by atoms with Crippen molar-refractivity contribution in [3.63, 3.8) is 0 Å². The number of allylic oxidation sites excluding steroid dienone is 1. The van der Waals surface area contributed by atoms with E-state index in [0.29, 0.717) is 11.4 Å². The van der Waals surface area contributed by atoms with E-state index in [9.17, 15) is 4.79 Å². The van der Waals surface area contributed by atoms with Gasteiger partial charge in [0.25, 0.3) is 0 Å². The largest absolute Gasteiger partial charge is 0.301 e. The third kappa shape index (κ3) is 2.37. The van der Waals surface area contributed by atoms with Crippen LogP contribution in [0.25, 0.3) is 0 Å². The maximum Gasteiger partial charge on any atom is 0.145 e. The van der Waals surface area contributed by atoms with Crippen molar-refractivity contribution in [2.75, 3.05) is 0 Å². The van der Waals surface area contributed by atoms with Gasteiger partial charge in [-0.15, -0.1) is 18.2 Å². The predicted molar refractivity (Wildman–Crippen MR) is 59.9 cm³/mol. The van der Waals surface area contributed by atoms with Crippen LogP contribution in [0.5, 0.6) is 0 Å². The molecule has 1 nitrogen and oxygen atoms in total. The van der Waals surface area contributed by atoms with Crippen LogP contribution < -0.4 is 0 Å². The number of carbonyl (C=O) groups excluding carboxylic acids is 1. The van der Waals surface area contributed by atoms with Crippen LogP contribution in [0.15, 0.2) is 36.9 Å². The van der Waals surface area contributed by atoms with Crippen LogP contribution in [0.1, 0.15) is 12.0 Å². The smallest absolute Gasteiger partial charge is 0.145 e. The van der Waals surface area contributed by atoms with Crippen molar-refractivity contribution in [1.82, 2.24) is 0 Å². The van der Waals surface area contributed by atoms with Crippen molar-refractivity contribution in [1.29, 1.82) is 0 Å². The molecule has 0 heterocycles.